The quantitative estimate of drug-likeness (QED) is 0.749. The van der Waals surface area contributed by atoms with E-state index in [0.717, 1.165) is 5.69 Å². The summed E-state index contributed by atoms with van der Waals surface area (Å²) in [6.07, 6.45) is 0.638. The number of benzene rings is 2. The number of hydrogen-bond acceptors (Lipinski definition) is 4. The summed E-state index contributed by atoms with van der Waals surface area (Å²) < 4.78 is 24.1. The van der Waals surface area contributed by atoms with Crippen LogP contribution in [0.4, 0.5) is 10.1 Å². The van der Waals surface area contributed by atoms with Gasteiger partial charge in [-0.3, -0.25) is 9.89 Å². The average Bonchev–Trinajstić information content (AvgIpc) is 3.27. The number of amides is 1. The van der Waals surface area contributed by atoms with Crippen molar-refractivity contribution in [1.82, 2.24) is 10.2 Å². The van der Waals surface area contributed by atoms with E-state index in [2.05, 4.69) is 15.5 Å². The maximum Gasteiger partial charge on any atom is 0.255 e. The maximum absolute atomic E-state index is 13.6. The van der Waals surface area contributed by atoms with Gasteiger partial charge in [0.15, 0.2) is 11.5 Å². The van der Waals surface area contributed by atoms with Crippen LogP contribution in [0.2, 0.25) is 0 Å². The van der Waals surface area contributed by atoms with E-state index in [1.165, 1.54) is 12.1 Å². The Morgan fingerprint density at radius 1 is 1.23 bits per heavy atom. The van der Waals surface area contributed by atoms with Gasteiger partial charge in [0.05, 0.1) is 11.4 Å². The van der Waals surface area contributed by atoms with Crippen LogP contribution in [0.3, 0.4) is 0 Å². The number of aromatic amines is 1. The Morgan fingerprint density at radius 2 is 2.08 bits per heavy atom. The van der Waals surface area contributed by atoms with E-state index < -0.39 is 0 Å². The zero-order chi connectivity index (χ0) is 18.1. The van der Waals surface area contributed by atoms with Crippen LogP contribution in [0.15, 0.2) is 42.5 Å². The summed E-state index contributed by atoms with van der Waals surface area (Å²) >= 11 is 0. The molecule has 7 heteroatoms. The van der Waals surface area contributed by atoms with Crippen molar-refractivity contribution in [3.63, 3.8) is 0 Å². The van der Waals surface area contributed by atoms with Crippen LogP contribution >= 0.6 is 0 Å². The molecule has 6 nitrogen and oxygen atoms in total. The fourth-order valence-corrected chi connectivity index (χ4v) is 2.84. The molecule has 1 aliphatic heterocycles. The minimum Gasteiger partial charge on any atom is -0.454 e. The van der Waals surface area contributed by atoms with Gasteiger partial charge in [0, 0.05) is 11.1 Å². The van der Waals surface area contributed by atoms with Gasteiger partial charge in [0.25, 0.3) is 5.91 Å². The van der Waals surface area contributed by atoms with E-state index in [-0.39, 0.29) is 18.5 Å². The lowest BCUT2D eigenvalue weighted by molar-refractivity contribution is 0.102. The van der Waals surface area contributed by atoms with E-state index in [4.69, 9.17) is 9.47 Å². The van der Waals surface area contributed by atoms with Crippen molar-refractivity contribution in [2.24, 2.45) is 0 Å². The minimum absolute atomic E-state index is 0.145. The van der Waals surface area contributed by atoms with Crippen LogP contribution in [0, 0.1) is 5.82 Å². The number of aryl methyl sites for hydroxylation is 1. The van der Waals surface area contributed by atoms with Crippen LogP contribution in [0.1, 0.15) is 23.0 Å². The first-order chi connectivity index (χ1) is 12.7. The van der Waals surface area contributed by atoms with Crippen molar-refractivity contribution in [3.8, 4) is 22.8 Å². The van der Waals surface area contributed by atoms with Crippen molar-refractivity contribution in [1.29, 1.82) is 0 Å². The molecule has 0 saturated carbocycles. The van der Waals surface area contributed by atoms with Crippen molar-refractivity contribution >= 4 is 11.6 Å². The van der Waals surface area contributed by atoms with Gasteiger partial charge < -0.3 is 14.8 Å². The predicted molar refractivity (Wildman–Crippen MR) is 93.9 cm³/mol. The van der Waals surface area contributed by atoms with Gasteiger partial charge in [-0.25, -0.2) is 4.39 Å². The number of carbonyl (C=O) groups is 1. The average molecular weight is 353 g/mol. The number of carbonyl (C=O) groups excluding carboxylic acids is 1. The Morgan fingerprint density at radius 3 is 2.88 bits per heavy atom. The van der Waals surface area contributed by atoms with Gasteiger partial charge in [-0.15, -0.1) is 0 Å². The highest BCUT2D eigenvalue weighted by Gasteiger charge is 2.20. The number of fused-ring (bicyclic) bond motifs is 1. The molecule has 3 aromatic rings. The number of ether oxygens (including phenoxy) is 2. The van der Waals surface area contributed by atoms with Gasteiger partial charge in [-0.2, -0.15) is 5.10 Å². The van der Waals surface area contributed by atoms with E-state index in [0.29, 0.717) is 40.4 Å². The molecule has 1 aliphatic rings. The van der Waals surface area contributed by atoms with Crippen molar-refractivity contribution in [2.45, 2.75) is 13.3 Å². The highest BCUT2D eigenvalue weighted by Crippen LogP contribution is 2.34. The summed E-state index contributed by atoms with van der Waals surface area (Å²) in [5.41, 5.74) is 2.82. The molecule has 132 valence electrons. The third-order valence-corrected chi connectivity index (χ3v) is 4.17. The molecule has 0 atom stereocenters. The van der Waals surface area contributed by atoms with E-state index in [1.807, 2.05) is 6.92 Å². The number of H-pyrrole nitrogens is 1. The molecule has 0 aliphatic carbocycles. The zero-order valence-electron chi connectivity index (χ0n) is 14.0. The lowest BCUT2D eigenvalue weighted by atomic mass is 10.1. The molecule has 0 bridgehead atoms. The van der Waals surface area contributed by atoms with Crippen molar-refractivity contribution < 1.29 is 18.7 Å². The molecular weight excluding hydrogens is 337 g/mol. The first-order valence-electron chi connectivity index (χ1n) is 8.20. The zero-order valence-corrected chi connectivity index (χ0v) is 14.0. The molecule has 2 heterocycles. The molecule has 0 spiro atoms. The van der Waals surface area contributed by atoms with Gasteiger partial charge in [0.1, 0.15) is 11.5 Å². The summed E-state index contributed by atoms with van der Waals surface area (Å²) in [6.45, 7) is 2.09. The minimum atomic E-state index is -0.364. The molecule has 0 fully saturated rings. The SMILES string of the molecule is CCc1[nH]nc(-c2cccc(F)c2)c1NC(=O)c1ccc2c(c1)OCO2. The Kier molecular flexibility index (Phi) is 4.04. The number of anilines is 1. The third-order valence-electron chi connectivity index (χ3n) is 4.17. The highest BCUT2D eigenvalue weighted by atomic mass is 19.1. The van der Waals surface area contributed by atoms with Gasteiger partial charge >= 0.3 is 0 Å². The molecule has 4 rings (SSSR count). The van der Waals surface area contributed by atoms with Crippen LogP contribution < -0.4 is 14.8 Å². The molecule has 26 heavy (non-hydrogen) atoms. The number of halogens is 1. The highest BCUT2D eigenvalue weighted by molar-refractivity contribution is 6.06. The number of hydrogen-bond donors (Lipinski definition) is 2. The molecule has 0 radical (unpaired) electrons. The fourth-order valence-electron chi connectivity index (χ4n) is 2.84. The maximum atomic E-state index is 13.6. The molecule has 2 N–H and O–H groups in total. The second-order valence-corrected chi connectivity index (χ2v) is 5.81. The molecule has 0 saturated heterocycles. The van der Waals surface area contributed by atoms with Crippen LogP contribution in [-0.4, -0.2) is 22.9 Å². The van der Waals surface area contributed by atoms with Crippen molar-refractivity contribution in [3.05, 3.63) is 59.5 Å². The summed E-state index contributed by atoms with van der Waals surface area (Å²) in [6, 6.07) is 11.1. The summed E-state index contributed by atoms with van der Waals surface area (Å²) in [4.78, 5) is 12.7. The topological polar surface area (TPSA) is 76.2 Å². The monoisotopic (exact) mass is 353 g/mol. The Hall–Kier alpha value is -3.35. The molecule has 1 aromatic heterocycles. The molecular formula is C19H16FN3O3. The Balaban J connectivity index is 1.67. The van der Waals surface area contributed by atoms with Crippen LogP contribution in [0.25, 0.3) is 11.3 Å². The Bertz CT molecular complexity index is 984. The van der Waals surface area contributed by atoms with E-state index >= 15 is 0 Å². The number of nitrogens with one attached hydrogen (secondary N) is 2. The van der Waals surface area contributed by atoms with Gasteiger partial charge in [-0.1, -0.05) is 19.1 Å². The summed E-state index contributed by atoms with van der Waals surface area (Å²) in [7, 11) is 0. The summed E-state index contributed by atoms with van der Waals surface area (Å²) in [5, 5.41) is 10.0. The summed E-state index contributed by atoms with van der Waals surface area (Å²) in [5.74, 6) is 0.471. The number of nitrogens with zero attached hydrogens (tertiary/aromatic N) is 1. The second kappa shape index (κ2) is 6.51. The van der Waals surface area contributed by atoms with Crippen molar-refractivity contribution in [2.75, 3.05) is 12.1 Å². The van der Waals surface area contributed by atoms with E-state index in [1.54, 1.807) is 30.3 Å². The van der Waals surface area contributed by atoms with Gasteiger partial charge in [-0.05, 0) is 36.8 Å². The molecule has 1 amide bonds. The molecule has 2 aromatic carbocycles. The van der Waals surface area contributed by atoms with E-state index in [9.17, 15) is 9.18 Å². The number of rotatable bonds is 4. The standard InChI is InChI=1S/C19H16FN3O3/c1-2-14-18(17(23-22-14)11-4-3-5-13(20)8-11)21-19(24)12-6-7-15-16(9-12)26-10-25-15/h3-9H,2,10H2,1H3,(H,21,24)(H,22,23). The Labute approximate surface area is 149 Å². The van der Waals surface area contributed by atoms with Gasteiger partial charge in [0.2, 0.25) is 6.79 Å². The first kappa shape index (κ1) is 16.1. The smallest absolute Gasteiger partial charge is 0.255 e. The second-order valence-electron chi connectivity index (χ2n) is 5.81. The predicted octanol–water partition coefficient (Wildman–Crippen LogP) is 3.76. The van der Waals surface area contributed by atoms with Crippen LogP contribution in [-0.2, 0) is 6.42 Å². The lowest BCUT2D eigenvalue weighted by Gasteiger charge is -2.09. The first-order valence-corrected chi connectivity index (χ1v) is 8.20. The van der Waals surface area contributed by atoms with Crippen LogP contribution in [0.5, 0.6) is 11.5 Å². The lowest BCUT2D eigenvalue weighted by Crippen LogP contribution is -2.13. The largest absolute Gasteiger partial charge is 0.454 e. The number of aromatic nitrogens is 2. The normalized spacial score (nSPS) is 12.2. The molecule has 0 unspecified atom stereocenters. The fraction of sp³-hybridized carbons (Fsp3) is 0.158. The third kappa shape index (κ3) is 2.88.